The van der Waals surface area contributed by atoms with Crippen molar-refractivity contribution in [3.05, 3.63) is 118 Å². The molecule has 36 heavy (non-hydrogen) atoms. The summed E-state index contributed by atoms with van der Waals surface area (Å²) in [5.74, 6) is 0. The van der Waals surface area contributed by atoms with Gasteiger partial charge in [-0.15, -0.1) is 0 Å². The fourth-order valence-corrected chi connectivity index (χ4v) is 5.90. The van der Waals surface area contributed by atoms with Gasteiger partial charge in [-0.25, -0.2) is 0 Å². The van der Waals surface area contributed by atoms with Crippen LogP contribution in [-0.2, 0) is 0 Å². The number of aromatic nitrogens is 2. The van der Waals surface area contributed by atoms with Gasteiger partial charge in [0.05, 0.1) is 11.0 Å². The van der Waals surface area contributed by atoms with Crippen LogP contribution in [0, 0.1) is 13.8 Å². The lowest BCUT2D eigenvalue weighted by atomic mass is 9.89. The van der Waals surface area contributed by atoms with Gasteiger partial charge in [-0.2, -0.15) is 0 Å². The number of hydrogen-bond acceptors (Lipinski definition) is 2. The highest BCUT2D eigenvalue weighted by Gasteiger charge is 2.17. The highest BCUT2D eigenvalue weighted by Crippen LogP contribution is 2.37. The molecule has 172 valence electrons. The molecule has 0 N–H and O–H groups in total. The minimum absolute atomic E-state index is 0.983. The predicted octanol–water partition coefficient (Wildman–Crippen LogP) is 6.99. The first kappa shape index (κ1) is 21.0. The molecule has 0 atom stereocenters. The van der Waals surface area contributed by atoms with Crippen molar-refractivity contribution in [2.45, 2.75) is 26.7 Å². The van der Waals surface area contributed by atoms with E-state index < -0.39 is 0 Å². The zero-order valence-corrected chi connectivity index (χ0v) is 20.5. The predicted molar refractivity (Wildman–Crippen MR) is 151 cm³/mol. The van der Waals surface area contributed by atoms with E-state index in [9.17, 15) is 0 Å². The van der Waals surface area contributed by atoms with Crippen LogP contribution < -0.4 is 10.4 Å². The van der Waals surface area contributed by atoms with Gasteiger partial charge >= 0.3 is 0 Å². The van der Waals surface area contributed by atoms with Crippen molar-refractivity contribution in [1.29, 1.82) is 0 Å². The van der Waals surface area contributed by atoms with Crippen LogP contribution in [-0.4, -0.2) is 9.97 Å². The topological polar surface area (TPSA) is 25.8 Å². The van der Waals surface area contributed by atoms with E-state index in [1.54, 1.807) is 0 Å². The number of nitrogens with zero attached hydrogens (tertiary/aromatic N) is 2. The highest BCUT2D eigenvalue weighted by molar-refractivity contribution is 6.13. The summed E-state index contributed by atoms with van der Waals surface area (Å²) in [7, 11) is 0. The second-order valence-corrected chi connectivity index (χ2v) is 9.82. The fourth-order valence-electron chi connectivity index (χ4n) is 5.90. The molecule has 1 aliphatic carbocycles. The van der Waals surface area contributed by atoms with Gasteiger partial charge in [0, 0.05) is 22.2 Å². The van der Waals surface area contributed by atoms with E-state index in [1.807, 2.05) is 0 Å². The van der Waals surface area contributed by atoms with Crippen molar-refractivity contribution in [3.63, 3.8) is 0 Å². The summed E-state index contributed by atoms with van der Waals surface area (Å²) in [4.78, 5) is 10.1. The summed E-state index contributed by atoms with van der Waals surface area (Å²) in [6.45, 7) is 4.19. The van der Waals surface area contributed by atoms with Gasteiger partial charge < -0.3 is 0 Å². The molecule has 2 heterocycles. The van der Waals surface area contributed by atoms with Crippen molar-refractivity contribution < 1.29 is 0 Å². The molecule has 2 aromatic heterocycles. The van der Waals surface area contributed by atoms with Crippen LogP contribution in [0.2, 0.25) is 0 Å². The summed E-state index contributed by atoms with van der Waals surface area (Å²) in [6.07, 6.45) is 4.45. The normalized spacial score (nSPS) is 13.2. The Morgan fingerprint density at radius 2 is 1.25 bits per heavy atom. The van der Waals surface area contributed by atoms with E-state index in [1.165, 1.54) is 48.9 Å². The zero-order chi connectivity index (χ0) is 24.2. The molecule has 6 aromatic rings. The molecule has 0 fully saturated rings. The molecule has 0 bridgehead atoms. The molecule has 4 aromatic carbocycles. The van der Waals surface area contributed by atoms with Gasteiger partial charge in [-0.1, -0.05) is 84.9 Å². The van der Waals surface area contributed by atoms with E-state index in [2.05, 4.69) is 111 Å². The summed E-state index contributed by atoms with van der Waals surface area (Å²) in [5, 5.41) is 7.51. The van der Waals surface area contributed by atoms with Crippen molar-refractivity contribution >= 4 is 44.2 Å². The third kappa shape index (κ3) is 3.25. The van der Waals surface area contributed by atoms with Gasteiger partial charge in [0.1, 0.15) is 0 Å². The lowest BCUT2D eigenvalue weighted by Crippen LogP contribution is -2.29. The molecule has 0 saturated carbocycles. The number of hydrogen-bond donors (Lipinski definition) is 0. The third-order valence-corrected chi connectivity index (χ3v) is 7.46. The lowest BCUT2D eigenvalue weighted by Gasteiger charge is -2.17. The van der Waals surface area contributed by atoms with E-state index in [-0.39, 0.29) is 0 Å². The standard InChI is InChI=1S/C34H26N2/c1-21-19-31(27-15-7-11-23-9-3-5-13-25(23)27)29-17-18-30-32(20-22(2)36-34(30)33(29)35-21)28-16-8-12-24-10-4-6-14-26(24)28/h3-7,9-15,17-20H,8,16H2,1-2H3. The molecule has 2 nitrogen and oxygen atoms in total. The molecule has 7 rings (SSSR count). The molecule has 0 unspecified atom stereocenters. The first-order valence-electron chi connectivity index (χ1n) is 12.7. The lowest BCUT2D eigenvalue weighted by molar-refractivity contribution is 1.07. The van der Waals surface area contributed by atoms with Gasteiger partial charge in [0.2, 0.25) is 0 Å². The molecular formula is C34H26N2. The maximum absolute atomic E-state index is 5.07. The smallest absolute Gasteiger partial charge is 0.0974 e. The Balaban J connectivity index is 1.58. The second-order valence-electron chi connectivity index (χ2n) is 9.82. The first-order chi connectivity index (χ1) is 17.7. The molecule has 1 aliphatic rings. The Morgan fingerprint density at radius 3 is 2.08 bits per heavy atom. The summed E-state index contributed by atoms with van der Waals surface area (Å²) in [5.41, 5.74) is 9.16. The minimum atomic E-state index is 0.983. The fraction of sp³-hybridized carbons (Fsp3) is 0.118. The largest absolute Gasteiger partial charge is 0.251 e. The van der Waals surface area contributed by atoms with Crippen molar-refractivity contribution in [3.8, 4) is 11.1 Å². The molecule has 0 aliphatic heterocycles. The quantitative estimate of drug-likeness (QED) is 0.259. The number of rotatable bonds is 2. The summed E-state index contributed by atoms with van der Waals surface area (Å²) >= 11 is 0. The number of fused-ring (bicyclic) bond motifs is 5. The molecule has 0 spiro atoms. The summed E-state index contributed by atoms with van der Waals surface area (Å²) in [6, 6.07) is 32.9. The Labute approximate surface area is 210 Å². The summed E-state index contributed by atoms with van der Waals surface area (Å²) < 4.78 is 0. The van der Waals surface area contributed by atoms with Crippen molar-refractivity contribution in [2.24, 2.45) is 0 Å². The number of aryl methyl sites for hydroxylation is 2. The van der Waals surface area contributed by atoms with Crippen LogP contribution in [0.15, 0.2) is 91.0 Å². The average molecular weight is 463 g/mol. The van der Waals surface area contributed by atoms with Crippen LogP contribution >= 0.6 is 0 Å². The van der Waals surface area contributed by atoms with Gasteiger partial charge in [0.15, 0.2) is 0 Å². The first-order valence-corrected chi connectivity index (χ1v) is 12.7. The minimum Gasteiger partial charge on any atom is -0.251 e. The van der Waals surface area contributed by atoms with Crippen LogP contribution in [0.25, 0.3) is 55.4 Å². The maximum atomic E-state index is 5.07. The molecule has 0 amide bonds. The van der Waals surface area contributed by atoms with Gasteiger partial charge in [-0.3, -0.25) is 9.97 Å². The van der Waals surface area contributed by atoms with Crippen LogP contribution in [0.4, 0.5) is 0 Å². The van der Waals surface area contributed by atoms with Gasteiger partial charge in [0.25, 0.3) is 0 Å². The molecular weight excluding hydrogens is 436 g/mol. The van der Waals surface area contributed by atoms with Crippen LogP contribution in [0.3, 0.4) is 0 Å². The monoisotopic (exact) mass is 462 g/mol. The van der Waals surface area contributed by atoms with E-state index in [0.717, 1.165) is 40.6 Å². The van der Waals surface area contributed by atoms with E-state index in [4.69, 9.17) is 9.97 Å². The van der Waals surface area contributed by atoms with E-state index >= 15 is 0 Å². The molecule has 0 saturated heterocycles. The number of benzene rings is 4. The van der Waals surface area contributed by atoms with Gasteiger partial charge in [-0.05, 0) is 82.3 Å². The van der Waals surface area contributed by atoms with Crippen LogP contribution in [0.5, 0.6) is 0 Å². The Morgan fingerprint density at radius 1 is 0.583 bits per heavy atom. The van der Waals surface area contributed by atoms with Crippen molar-refractivity contribution in [2.75, 3.05) is 0 Å². The Kier molecular flexibility index (Phi) is 4.75. The Hall–Kier alpha value is -4.30. The second kappa shape index (κ2) is 8.13. The SMILES string of the molecule is Cc1cc(C2=c3ccccc3=CCC2)c2ccc3c(-c4cccc5ccccc45)cc(C)nc3c2n1. The Bertz CT molecular complexity index is 1960. The highest BCUT2D eigenvalue weighted by atomic mass is 14.8. The molecule has 0 radical (unpaired) electrons. The van der Waals surface area contributed by atoms with Crippen LogP contribution in [0.1, 0.15) is 29.8 Å². The molecule has 2 heteroatoms. The zero-order valence-electron chi connectivity index (χ0n) is 20.5. The van der Waals surface area contributed by atoms with E-state index in [0.29, 0.717) is 0 Å². The van der Waals surface area contributed by atoms with Crippen molar-refractivity contribution in [1.82, 2.24) is 9.97 Å². The number of pyridine rings is 2. The third-order valence-electron chi connectivity index (χ3n) is 7.46. The maximum Gasteiger partial charge on any atom is 0.0974 e. The average Bonchev–Trinajstić information content (AvgIpc) is 2.91.